The maximum atomic E-state index is 12.9. The highest BCUT2D eigenvalue weighted by Gasteiger charge is 2.44. The van der Waals surface area contributed by atoms with Crippen molar-refractivity contribution < 1.29 is 48.2 Å². The molecular weight excluding hydrogens is 444 g/mol. The van der Waals surface area contributed by atoms with Gasteiger partial charge in [0.1, 0.15) is 18.3 Å². The average molecular weight is 462 g/mol. The smallest absolute Gasteiger partial charge is 0.344 e. The van der Waals surface area contributed by atoms with Gasteiger partial charge in [0.2, 0.25) is 17.8 Å². The van der Waals surface area contributed by atoms with Gasteiger partial charge < -0.3 is 48.2 Å². The predicted octanol–water partition coefficient (Wildman–Crippen LogP) is 0.0310. The van der Waals surface area contributed by atoms with Crippen LogP contribution in [-0.2, 0) is 4.74 Å². The summed E-state index contributed by atoms with van der Waals surface area (Å²) < 4.78 is 32.3. The average Bonchev–Trinajstić information content (AvgIpc) is 3.06. The van der Waals surface area contributed by atoms with Crippen molar-refractivity contribution in [2.24, 2.45) is 0 Å². The van der Waals surface area contributed by atoms with E-state index in [0.717, 1.165) is 6.07 Å². The molecule has 5 rings (SSSR count). The number of aliphatic hydroxyl groups is 3. The van der Waals surface area contributed by atoms with E-state index in [0.29, 0.717) is 0 Å². The molecule has 12 nitrogen and oxygen atoms in total. The van der Waals surface area contributed by atoms with Crippen LogP contribution in [0, 0.1) is 0 Å². The van der Waals surface area contributed by atoms with E-state index < -0.39 is 48.2 Å². The van der Waals surface area contributed by atoms with Crippen molar-refractivity contribution in [1.29, 1.82) is 0 Å². The van der Waals surface area contributed by atoms with Gasteiger partial charge in [0.05, 0.1) is 31.6 Å². The second kappa shape index (κ2) is 7.49. The first kappa shape index (κ1) is 21.3. The Morgan fingerprint density at radius 3 is 2.03 bits per heavy atom. The number of rotatable bonds is 5. The molecule has 1 aliphatic rings. The number of aliphatic hydroxyl groups excluding tert-OH is 3. The summed E-state index contributed by atoms with van der Waals surface area (Å²) in [7, 11) is 2.53. The monoisotopic (exact) mass is 462 g/mol. The Labute approximate surface area is 183 Å². The van der Waals surface area contributed by atoms with Crippen LogP contribution in [0.4, 0.5) is 0 Å². The minimum atomic E-state index is -1.52. The van der Waals surface area contributed by atoms with Gasteiger partial charge in [-0.25, -0.2) is 9.59 Å². The molecule has 1 saturated heterocycles. The molecule has 12 heteroatoms. The zero-order valence-electron chi connectivity index (χ0n) is 17.2. The Kier molecular flexibility index (Phi) is 4.83. The molecular formula is C21H18O12. The second-order valence-corrected chi connectivity index (χ2v) is 7.44. The van der Waals surface area contributed by atoms with E-state index >= 15 is 0 Å². The quantitative estimate of drug-likeness (QED) is 0.231. The maximum Gasteiger partial charge on any atom is 0.344 e. The number of phenolic OH excluding ortho intramolecular Hbond substituents is 1. The first-order valence-electron chi connectivity index (χ1n) is 9.73. The van der Waals surface area contributed by atoms with Crippen molar-refractivity contribution in [2.45, 2.75) is 24.6 Å². The van der Waals surface area contributed by atoms with Crippen molar-refractivity contribution in [2.75, 3.05) is 20.8 Å². The first-order valence-corrected chi connectivity index (χ1v) is 9.73. The first-order chi connectivity index (χ1) is 15.8. The van der Waals surface area contributed by atoms with Gasteiger partial charge in [-0.15, -0.1) is 0 Å². The summed E-state index contributed by atoms with van der Waals surface area (Å²) in [4.78, 5) is 25.6. The SMILES string of the molecule is COc1c(O)cc2c(=O)oc3c(OC)c(O[C@@H]4O[C@H](CO)[C@H](O)[C@H]4O)cc4c(=O)oc1c2c34. The highest BCUT2D eigenvalue weighted by Crippen LogP contribution is 2.46. The molecule has 4 N–H and O–H groups in total. The highest BCUT2D eigenvalue weighted by molar-refractivity contribution is 6.22. The molecule has 174 valence electrons. The molecule has 0 aliphatic carbocycles. The standard InChI is InChI=1S/C21H18O12/c1-28-15-8(23)3-6-11-12-7(20(27)32-17(11)15)4-9(16(29-2)18(12)33-19(6)26)30-21-14(25)13(24)10(5-22)31-21/h3-4,10,13-14,21-25H,5H2,1-2H3/t10-,13+,14-,21-/m1/s1. The van der Waals surface area contributed by atoms with Gasteiger partial charge in [0, 0.05) is 10.8 Å². The minimum absolute atomic E-state index is 0.0521. The van der Waals surface area contributed by atoms with Crippen LogP contribution < -0.4 is 25.5 Å². The molecule has 33 heavy (non-hydrogen) atoms. The molecule has 3 heterocycles. The molecule has 1 aliphatic heterocycles. The molecule has 0 amide bonds. The fourth-order valence-corrected chi connectivity index (χ4v) is 4.12. The number of ether oxygens (including phenoxy) is 4. The van der Waals surface area contributed by atoms with E-state index in [9.17, 15) is 30.0 Å². The number of hydrogen-bond donors (Lipinski definition) is 4. The summed E-state index contributed by atoms with van der Waals surface area (Å²) in [6.07, 6.45) is -5.45. The van der Waals surface area contributed by atoms with E-state index in [4.69, 9.17) is 27.8 Å². The summed E-state index contributed by atoms with van der Waals surface area (Å²) in [6, 6.07) is 2.39. The second-order valence-electron chi connectivity index (χ2n) is 7.44. The summed E-state index contributed by atoms with van der Waals surface area (Å²) in [5, 5.41) is 39.9. The van der Waals surface area contributed by atoms with Gasteiger partial charge in [-0.3, -0.25) is 0 Å². The molecule has 0 radical (unpaired) electrons. The number of phenols is 1. The van der Waals surface area contributed by atoms with Crippen LogP contribution in [-0.4, -0.2) is 65.9 Å². The van der Waals surface area contributed by atoms with E-state index in [1.807, 2.05) is 0 Å². The minimum Gasteiger partial charge on any atom is -0.504 e. The zero-order chi connectivity index (χ0) is 23.6. The zero-order valence-corrected chi connectivity index (χ0v) is 17.2. The summed E-state index contributed by atoms with van der Waals surface area (Å²) in [5.74, 6) is -0.806. The number of aromatic hydroxyl groups is 1. The van der Waals surface area contributed by atoms with Gasteiger partial charge in [-0.2, -0.15) is 0 Å². The van der Waals surface area contributed by atoms with Gasteiger partial charge in [0.25, 0.3) is 0 Å². The van der Waals surface area contributed by atoms with Crippen LogP contribution >= 0.6 is 0 Å². The highest BCUT2D eigenvalue weighted by atomic mass is 16.7. The Bertz CT molecular complexity index is 1480. The van der Waals surface area contributed by atoms with Gasteiger partial charge in [0.15, 0.2) is 22.7 Å². The van der Waals surface area contributed by atoms with Crippen molar-refractivity contribution in [1.82, 2.24) is 0 Å². The van der Waals surface area contributed by atoms with Crippen LogP contribution in [0.1, 0.15) is 0 Å². The number of methoxy groups -OCH3 is 2. The Balaban J connectivity index is 1.81. The Morgan fingerprint density at radius 1 is 0.909 bits per heavy atom. The van der Waals surface area contributed by atoms with Crippen molar-refractivity contribution in [3.8, 4) is 23.0 Å². The van der Waals surface area contributed by atoms with Crippen molar-refractivity contribution >= 4 is 32.7 Å². The lowest BCUT2D eigenvalue weighted by atomic mass is 10.0. The Morgan fingerprint density at radius 2 is 1.48 bits per heavy atom. The fraction of sp³-hybridized carbons (Fsp3) is 0.333. The third-order valence-corrected chi connectivity index (χ3v) is 5.65. The third kappa shape index (κ3) is 2.92. The molecule has 4 aromatic rings. The molecule has 4 atom stereocenters. The lowest BCUT2D eigenvalue weighted by molar-refractivity contribution is -0.117. The predicted molar refractivity (Wildman–Crippen MR) is 110 cm³/mol. The van der Waals surface area contributed by atoms with Crippen LogP contribution in [0.3, 0.4) is 0 Å². The van der Waals surface area contributed by atoms with E-state index in [-0.39, 0.29) is 50.0 Å². The van der Waals surface area contributed by atoms with E-state index in [2.05, 4.69) is 0 Å². The molecule has 2 aromatic heterocycles. The molecule has 1 fully saturated rings. The van der Waals surface area contributed by atoms with Crippen LogP contribution in [0.5, 0.6) is 23.0 Å². The van der Waals surface area contributed by atoms with Gasteiger partial charge >= 0.3 is 11.3 Å². The topological polar surface area (TPSA) is 178 Å². The largest absolute Gasteiger partial charge is 0.504 e. The fourth-order valence-electron chi connectivity index (χ4n) is 4.12. The van der Waals surface area contributed by atoms with Crippen molar-refractivity contribution in [3.63, 3.8) is 0 Å². The molecule has 0 unspecified atom stereocenters. The summed E-state index contributed by atoms with van der Waals surface area (Å²) in [6.45, 7) is -0.567. The van der Waals surface area contributed by atoms with Crippen LogP contribution in [0.15, 0.2) is 30.6 Å². The molecule has 0 spiro atoms. The lowest BCUT2D eigenvalue weighted by Crippen LogP contribution is -2.35. The maximum absolute atomic E-state index is 12.9. The van der Waals surface area contributed by atoms with Crippen LogP contribution in [0.2, 0.25) is 0 Å². The van der Waals surface area contributed by atoms with Gasteiger partial charge in [-0.1, -0.05) is 0 Å². The third-order valence-electron chi connectivity index (χ3n) is 5.65. The van der Waals surface area contributed by atoms with E-state index in [1.54, 1.807) is 0 Å². The van der Waals surface area contributed by atoms with E-state index in [1.165, 1.54) is 20.3 Å². The summed E-state index contributed by atoms with van der Waals surface area (Å²) in [5.41, 5.74) is -2.02. The van der Waals surface area contributed by atoms with Gasteiger partial charge in [-0.05, 0) is 12.1 Å². The summed E-state index contributed by atoms with van der Waals surface area (Å²) >= 11 is 0. The number of benzene rings is 2. The Hall–Kier alpha value is -3.58. The molecule has 0 bridgehead atoms. The molecule has 0 saturated carbocycles. The lowest BCUT2D eigenvalue weighted by Gasteiger charge is -2.20. The van der Waals surface area contributed by atoms with Crippen molar-refractivity contribution in [3.05, 3.63) is 33.0 Å². The molecule has 2 aromatic carbocycles. The number of hydrogen-bond acceptors (Lipinski definition) is 12. The normalized spacial score (nSPS) is 23.1. The van der Waals surface area contributed by atoms with Crippen LogP contribution in [0.25, 0.3) is 32.7 Å².